The Morgan fingerprint density at radius 1 is 1.38 bits per heavy atom. The maximum absolute atomic E-state index is 12.0. The smallest absolute Gasteiger partial charge is 0.410 e. The molecule has 1 atom stereocenters. The Bertz CT molecular complexity index is 208. The molecule has 0 fully saturated rings. The van der Waals surface area contributed by atoms with Crippen molar-refractivity contribution in [2.24, 2.45) is 5.73 Å². The summed E-state index contributed by atoms with van der Waals surface area (Å²) in [5.74, 6) is 0. The number of nitrogens with zero attached hydrogens (tertiary/aromatic N) is 1. The van der Waals surface area contributed by atoms with Crippen LogP contribution in [0.2, 0.25) is 0 Å². The Hall–Kier alpha value is -0.770. The molecule has 4 nitrogen and oxygen atoms in total. The van der Waals surface area contributed by atoms with Gasteiger partial charge in [-0.05, 0) is 33.6 Å². The van der Waals surface area contributed by atoms with Crippen molar-refractivity contribution in [2.45, 2.75) is 59.1 Å². The van der Waals surface area contributed by atoms with Crippen LogP contribution in [-0.2, 0) is 4.74 Å². The second kappa shape index (κ2) is 6.74. The zero-order chi connectivity index (χ0) is 12.8. The molecule has 0 aliphatic carbocycles. The van der Waals surface area contributed by atoms with Crippen molar-refractivity contribution in [1.29, 1.82) is 0 Å². The van der Waals surface area contributed by atoms with Gasteiger partial charge >= 0.3 is 6.09 Å². The largest absolute Gasteiger partial charge is 0.444 e. The van der Waals surface area contributed by atoms with E-state index >= 15 is 0 Å². The number of nitrogens with two attached hydrogens (primary N) is 1. The summed E-state index contributed by atoms with van der Waals surface area (Å²) < 4.78 is 5.37. The van der Waals surface area contributed by atoms with E-state index in [-0.39, 0.29) is 12.1 Å². The fourth-order valence-electron chi connectivity index (χ4n) is 1.50. The zero-order valence-corrected chi connectivity index (χ0v) is 11.2. The molecule has 1 unspecified atom stereocenters. The Morgan fingerprint density at radius 2 is 1.94 bits per heavy atom. The molecule has 4 heteroatoms. The fourth-order valence-corrected chi connectivity index (χ4v) is 1.50. The van der Waals surface area contributed by atoms with Gasteiger partial charge in [0, 0.05) is 19.1 Å². The van der Waals surface area contributed by atoms with Gasteiger partial charge in [-0.3, -0.25) is 0 Å². The molecule has 0 heterocycles. The monoisotopic (exact) mass is 230 g/mol. The van der Waals surface area contributed by atoms with Crippen LogP contribution in [-0.4, -0.2) is 35.7 Å². The van der Waals surface area contributed by atoms with Gasteiger partial charge in [0.25, 0.3) is 0 Å². The Labute approximate surface area is 99.1 Å². The number of carbonyl (C=O) groups excluding carboxylic acids is 1. The molecule has 1 amide bonds. The number of hydrogen-bond donors (Lipinski definition) is 1. The van der Waals surface area contributed by atoms with Gasteiger partial charge in [-0.25, -0.2) is 4.79 Å². The minimum atomic E-state index is -0.448. The standard InChI is InChI=1S/C12H26N2O2/c1-6-8-14(10(7-2)9-13)11(15)16-12(3,4)5/h10H,6-9,13H2,1-5H3. The summed E-state index contributed by atoms with van der Waals surface area (Å²) in [6, 6.07) is 0.0785. The summed E-state index contributed by atoms with van der Waals surface area (Å²) in [5.41, 5.74) is 5.22. The summed E-state index contributed by atoms with van der Waals surface area (Å²) in [4.78, 5) is 13.7. The topological polar surface area (TPSA) is 55.6 Å². The third-order valence-corrected chi connectivity index (χ3v) is 2.28. The molecule has 16 heavy (non-hydrogen) atoms. The highest BCUT2D eigenvalue weighted by Gasteiger charge is 2.25. The van der Waals surface area contributed by atoms with Crippen LogP contribution in [0.5, 0.6) is 0 Å². The fraction of sp³-hybridized carbons (Fsp3) is 0.917. The van der Waals surface area contributed by atoms with Crippen molar-refractivity contribution in [1.82, 2.24) is 4.90 Å². The van der Waals surface area contributed by atoms with Crippen molar-refractivity contribution in [2.75, 3.05) is 13.1 Å². The number of hydrogen-bond acceptors (Lipinski definition) is 3. The van der Waals surface area contributed by atoms with E-state index in [0.717, 1.165) is 12.8 Å². The third kappa shape index (κ3) is 5.35. The first-order chi connectivity index (χ1) is 7.35. The first kappa shape index (κ1) is 15.2. The number of rotatable bonds is 5. The lowest BCUT2D eigenvalue weighted by Gasteiger charge is -2.32. The lowest BCUT2D eigenvalue weighted by Crippen LogP contribution is -2.46. The van der Waals surface area contributed by atoms with E-state index in [1.807, 2.05) is 34.6 Å². The number of carbonyl (C=O) groups is 1. The van der Waals surface area contributed by atoms with E-state index in [1.54, 1.807) is 4.90 Å². The first-order valence-electron chi connectivity index (χ1n) is 6.05. The maximum atomic E-state index is 12.0. The summed E-state index contributed by atoms with van der Waals surface area (Å²) in [6.07, 6.45) is 1.51. The third-order valence-electron chi connectivity index (χ3n) is 2.28. The van der Waals surface area contributed by atoms with Gasteiger partial charge in [-0.15, -0.1) is 0 Å². The van der Waals surface area contributed by atoms with Crippen LogP contribution in [0.4, 0.5) is 4.79 Å². The van der Waals surface area contributed by atoms with Gasteiger partial charge in [0.1, 0.15) is 5.60 Å². The summed E-state index contributed by atoms with van der Waals surface area (Å²) in [6.45, 7) is 10.9. The van der Waals surface area contributed by atoms with E-state index in [4.69, 9.17) is 10.5 Å². The van der Waals surface area contributed by atoms with E-state index in [0.29, 0.717) is 13.1 Å². The normalized spacial score (nSPS) is 13.4. The molecule has 0 radical (unpaired) electrons. The molecule has 0 saturated carbocycles. The Balaban J connectivity index is 4.57. The minimum Gasteiger partial charge on any atom is -0.444 e. The second-order valence-corrected chi connectivity index (χ2v) is 4.97. The molecule has 0 aromatic heterocycles. The highest BCUT2D eigenvalue weighted by atomic mass is 16.6. The van der Waals surface area contributed by atoms with Crippen molar-refractivity contribution >= 4 is 6.09 Å². The predicted octanol–water partition coefficient (Wildman–Crippen LogP) is 2.37. The van der Waals surface area contributed by atoms with Crippen LogP contribution in [0.1, 0.15) is 47.5 Å². The molecule has 96 valence electrons. The molecular weight excluding hydrogens is 204 g/mol. The lowest BCUT2D eigenvalue weighted by molar-refractivity contribution is 0.0163. The molecule has 0 aromatic rings. The molecule has 0 spiro atoms. The van der Waals surface area contributed by atoms with E-state index in [2.05, 4.69) is 0 Å². The van der Waals surface area contributed by atoms with Gasteiger partial charge in [-0.1, -0.05) is 13.8 Å². The number of amides is 1. The van der Waals surface area contributed by atoms with Crippen LogP contribution < -0.4 is 5.73 Å². The highest BCUT2D eigenvalue weighted by Crippen LogP contribution is 2.13. The lowest BCUT2D eigenvalue weighted by atomic mass is 10.2. The van der Waals surface area contributed by atoms with Gasteiger partial charge in [0.05, 0.1) is 0 Å². The average molecular weight is 230 g/mol. The van der Waals surface area contributed by atoms with E-state index in [9.17, 15) is 4.79 Å². The van der Waals surface area contributed by atoms with Gasteiger partial charge in [0.15, 0.2) is 0 Å². The summed E-state index contributed by atoms with van der Waals surface area (Å²) >= 11 is 0. The van der Waals surface area contributed by atoms with Crippen molar-refractivity contribution in [3.05, 3.63) is 0 Å². The molecule has 0 bridgehead atoms. The second-order valence-electron chi connectivity index (χ2n) is 4.97. The van der Waals surface area contributed by atoms with Crippen LogP contribution in [0.15, 0.2) is 0 Å². The van der Waals surface area contributed by atoms with Crippen LogP contribution >= 0.6 is 0 Å². The maximum Gasteiger partial charge on any atom is 0.410 e. The van der Waals surface area contributed by atoms with Crippen LogP contribution in [0.3, 0.4) is 0 Å². The molecule has 0 saturated heterocycles. The SMILES string of the molecule is CCCN(C(=O)OC(C)(C)C)C(CC)CN. The average Bonchev–Trinajstić information content (AvgIpc) is 2.15. The number of ether oxygens (including phenoxy) is 1. The predicted molar refractivity (Wildman–Crippen MR) is 66.4 cm³/mol. The Morgan fingerprint density at radius 3 is 2.25 bits per heavy atom. The minimum absolute atomic E-state index is 0.0785. The summed E-state index contributed by atoms with van der Waals surface area (Å²) in [5, 5.41) is 0. The summed E-state index contributed by atoms with van der Waals surface area (Å²) in [7, 11) is 0. The van der Waals surface area contributed by atoms with Crippen molar-refractivity contribution in [3.63, 3.8) is 0 Å². The van der Waals surface area contributed by atoms with Gasteiger partial charge in [0.2, 0.25) is 0 Å². The van der Waals surface area contributed by atoms with Gasteiger partial charge < -0.3 is 15.4 Å². The van der Waals surface area contributed by atoms with E-state index in [1.165, 1.54) is 0 Å². The van der Waals surface area contributed by atoms with Crippen LogP contribution in [0.25, 0.3) is 0 Å². The van der Waals surface area contributed by atoms with Crippen molar-refractivity contribution in [3.8, 4) is 0 Å². The molecule has 0 rings (SSSR count). The van der Waals surface area contributed by atoms with Gasteiger partial charge in [-0.2, -0.15) is 0 Å². The highest BCUT2D eigenvalue weighted by molar-refractivity contribution is 5.68. The molecule has 0 aromatic carbocycles. The molecule has 0 aliphatic rings. The quantitative estimate of drug-likeness (QED) is 0.789. The molecule has 2 N–H and O–H groups in total. The van der Waals surface area contributed by atoms with Crippen molar-refractivity contribution < 1.29 is 9.53 Å². The molecular formula is C12H26N2O2. The Kier molecular flexibility index (Phi) is 6.41. The zero-order valence-electron chi connectivity index (χ0n) is 11.2. The van der Waals surface area contributed by atoms with Crippen LogP contribution in [0, 0.1) is 0 Å². The molecule has 0 aliphatic heterocycles. The van der Waals surface area contributed by atoms with E-state index < -0.39 is 5.60 Å². The first-order valence-corrected chi connectivity index (χ1v) is 6.05.